The normalized spacial score (nSPS) is 10.6. The molecule has 1 aromatic heterocycles. The first-order valence-electron chi connectivity index (χ1n) is 5.82. The molecule has 0 unspecified atom stereocenters. The molecular weight excluding hydrogens is 246 g/mol. The molecule has 0 amide bonds. The first-order valence-corrected chi connectivity index (χ1v) is 5.82. The third-order valence-corrected chi connectivity index (χ3v) is 2.79. The largest absolute Gasteiger partial charge is 0.478 e. The summed E-state index contributed by atoms with van der Waals surface area (Å²) in [7, 11) is 3.52. The maximum Gasteiger partial charge on any atom is 0.335 e. The van der Waals surface area contributed by atoms with Gasteiger partial charge in [0.15, 0.2) is 0 Å². The molecular formula is C13H15N3O3. The number of carbonyl (C=O) groups is 1. The number of hydrogen-bond acceptors (Lipinski definition) is 5. The Labute approximate surface area is 110 Å². The van der Waals surface area contributed by atoms with Gasteiger partial charge in [0.1, 0.15) is 0 Å². The third kappa shape index (κ3) is 2.97. The van der Waals surface area contributed by atoms with Crippen LogP contribution in [-0.2, 0) is 4.74 Å². The van der Waals surface area contributed by atoms with Crippen molar-refractivity contribution in [2.75, 3.05) is 32.2 Å². The molecule has 1 aromatic carbocycles. The van der Waals surface area contributed by atoms with Crippen LogP contribution < -0.4 is 4.90 Å². The molecule has 0 spiro atoms. The summed E-state index contributed by atoms with van der Waals surface area (Å²) >= 11 is 0. The number of ether oxygens (including phenoxy) is 1. The topological polar surface area (TPSA) is 75.5 Å². The van der Waals surface area contributed by atoms with E-state index < -0.39 is 5.97 Å². The molecule has 0 bridgehead atoms. The number of aromatic nitrogens is 2. The molecule has 2 rings (SSSR count). The lowest BCUT2D eigenvalue weighted by Crippen LogP contribution is -2.24. The van der Waals surface area contributed by atoms with Gasteiger partial charge in [-0.25, -0.2) is 14.8 Å². The van der Waals surface area contributed by atoms with Gasteiger partial charge in [0.05, 0.1) is 17.7 Å². The lowest BCUT2D eigenvalue weighted by atomic mass is 10.1. The minimum atomic E-state index is -0.955. The Kier molecular flexibility index (Phi) is 3.91. The highest BCUT2D eigenvalue weighted by Crippen LogP contribution is 2.16. The van der Waals surface area contributed by atoms with Gasteiger partial charge in [0.25, 0.3) is 0 Å². The van der Waals surface area contributed by atoms with Crippen LogP contribution in [0.1, 0.15) is 10.4 Å². The number of nitrogens with zero attached hydrogens (tertiary/aromatic N) is 3. The summed E-state index contributed by atoms with van der Waals surface area (Å²) in [6.07, 6.45) is 1.63. The lowest BCUT2D eigenvalue weighted by Gasteiger charge is -2.16. The number of fused-ring (bicyclic) bond motifs is 1. The number of carboxylic acid groups (broad SMARTS) is 1. The number of rotatable bonds is 5. The summed E-state index contributed by atoms with van der Waals surface area (Å²) in [4.78, 5) is 21.4. The predicted octanol–water partition coefficient (Wildman–Crippen LogP) is 1.41. The Morgan fingerprint density at radius 1 is 1.47 bits per heavy atom. The molecule has 6 nitrogen and oxygen atoms in total. The molecule has 0 atom stereocenters. The third-order valence-electron chi connectivity index (χ3n) is 2.79. The second kappa shape index (κ2) is 5.62. The molecule has 2 aromatic rings. The average Bonchev–Trinajstić information content (AvgIpc) is 2.43. The van der Waals surface area contributed by atoms with E-state index in [1.807, 2.05) is 11.9 Å². The number of benzene rings is 1. The van der Waals surface area contributed by atoms with E-state index in [0.29, 0.717) is 24.5 Å². The molecule has 100 valence electrons. The zero-order valence-corrected chi connectivity index (χ0v) is 10.8. The molecule has 0 fully saturated rings. The van der Waals surface area contributed by atoms with Crippen LogP contribution in [0.3, 0.4) is 0 Å². The van der Waals surface area contributed by atoms with E-state index in [-0.39, 0.29) is 5.56 Å². The van der Waals surface area contributed by atoms with Crippen LogP contribution in [0.2, 0.25) is 0 Å². The number of aromatic carboxylic acids is 1. The van der Waals surface area contributed by atoms with Gasteiger partial charge in [-0.2, -0.15) is 0 Å². The minimum absolute atomic E-state index is 0.233. The molecule has 6 heteroatoms. The summed E-state index contributed by atoms with van der Waals surface area (Å²) in [6, 6.07) is 4.79. The Balaban J connectivity index is 2.31. The summed E-state index contributed by atoms with van der Waals surface area (Å²) in [5.74, 6) is -0.365. The summed E-state index contributed by atoms with van der Waals surface area (Å²) in [6.45, 7) is 1.28. The fourth-order valence-electron chi connectivity index (χ4n) is 1.67. The monoisotopic (exact) mass is 261 g/mol. The first-order chi connectivity index (χ1) is 9.11. The number of methoxy groups -OCH3 is 1. The van der Waals surface area contributed by atoms with E-state index >= 15 is 0 Å². The van der Waals surface area contributed by atoms with E-state index in [4.69, 9.17) is 9.84 Å². The first kappa shape index (κ1) is 13.2. The van der Waals surface area contributed by atoms with Crippen LogP contribution in [0.15, 0.2) is 24.4 Å². The van der Waals surface area contributed by atoms with Crippen molar-refractivity contribution in [2.24, 2.45) is 0 Å². The molecule has 0 saturated carbocycles. The zero-order valence-electron chi connectivity index (χ0n) is 10.8. The highest BCUT2D eigenvalue weighted by atomic mass is 16.5. The Hall–Kier alpha value is -2.21. The van der Waals surface area contributed by atoms with Crippen molar-refractivity contribution in [1.82, 2.24) is 9.97 Å². The predicted molar refractivity (Wildman–Crippen MR) is 71.6 cm³/mol. The van der Waals surface area contributed by atoms with Crippen molar-refractivity contribution in [1.29, 1.82) is 0 Å². The number of carboxylic acids is 1. The van der Waals surface area contributed by atoms with Gasteiger partial charge in [-0.3, -0.25) is 0 Å². The lowest BCUT2D eigenvalue weighted by molar-refractivity contribution is 0.0697. The van der Waals surface area contributed by atoms with E-state index in [1.54, 1.807) is 25.4 Å². The highest BCUT2D eigenvalue weighted by Gasteiger charge is 2.08. The Morgan fingerprint density at radius 2 is 2.26 bits per heavy atom. The summed E-state index contributed by atoms with van der Waals surface area (Å²) in [5, 5.41) is 9.63. The quantitative estimate of drug-likeness (QED) is 0.877. The van der Waals surface area contributed by atoms with Gasteiger partial charge in [0.2, 0.25) is 5.95 Å². The van der Waals surface area contributed by atoms with E-state index in [2.05, 4.69) is 9.97 Å². The summed E-state index contributed by atoms with van der Waals surface area (Å²) in [5.41, 5.74) is 0.954. The molecule has 0 radical (unpaired) electrons. The van der Waals surface area contributed by atoms with Crippen molar-refractivity contribution in [2.45, 2.75) is 0 Å². The molecule has 0 aliphatic rings. The molecule has 0 aliphatic heterocycles. The van der Waals surface area contributed by atoms with Crippen LogP contribution in [0.4, 0.5) is 5.95 Å². The highest BCUT2D eigenvalue weighted by molar-refractivity contribution is 5.93. The van der Waals surface area contributed by atoms with Gasteiger partial charge in [-0.1, -0.05) is 0 Å². The van der Waals surface area contributed by atoms with Gasteiger partial charge in [0, 0.05) is 32.3 Å². The maximum atomic E-state index is 10.9. The van der Waals surface area contributed by atoms with Crippen LogP contribution in [0.5, 0.6) is 0 Å². The molecule has 1 N–H and O–H groups in total. The van der Waals surface area contributed by atoms with Crippen molar-refractivity contribution >= 4 is 22.8 Å². The van der Waals surface area contributed by atoms with Crippen LogP contribution >= 0.6 is 0 Å². The van der Waals surface area contributed by atoms with E-state index in [9.17, 15) is 4.79 Å². The van der Waals surface area contributed by atoms with Gasteiger partial charge in [-0.05, 0) is 18.2 Å². The van der Waals surface area contributed by atoms with Crippen molar-refractivity contribution in [3.05, 3.63) is 30.0 Å². The second-order valence-corrected chi connectivity index (χ2v) is 4.16. The van der Waals surface area contributed by atoms with Crippen LogP contribution in [0, 0.1) is 0 Å². The fraction of sp³-hybridized carbons (Fsp3) is 0.308. The van der Waals surface area contributed by atoms with Crippen LogP contribution in [-0.4, -0.2) is 48.4 Å². The van der Waals surface area contributed by atoms with Crippen molar-refractivity contribution in [3.8, 4) is 0 Å². The Morgan fingerprint density at radius 3 is 2.95 bits per heavy atom. The summed E-state index contributed by atoms with van der Waals surface area (Å²) < 4.78 is 5.00. The number of likely N-dealkylation sites (N-methyl/N-ethyl adjacent to an activating group) is 1. The fourth-order valence-corrected chi connectivity index (χ4v) is 1.67. The maximum absolute atomic E-state index is 10.9. The molecule has 19 heavy (non-hydrogen) atoms. The smallest absolute Gasteiger partial charge is 0.335 e. The molecule has 0 saturated heterocycles. The van der Waals surface area contributed by atoms with Gasteiger partial charge < -0.3 is 14.7 Å². The number of hydrogen-bond donors (Lipinski definition) is 1. The van der Waals surface area contributed by atoms with Gasteiger partial charge >= 0.3 is 5.97 Å². The van der Waals surface area contributed by atoms with Crippen molar-refractivity contribution in [3.63, 3.8) is 0 Å². The van der Waals surface area contributed by atoms with E-state index in [1.165, 1.54) is 6.07 Å². The Bertz CT molecular complexity index is 601. The minimum Gasteiger partial charge on any atom is -0.478 e. The standard InChI is InChI=1S/C13H15N3O3/c1-16(5-6-19-2)13-14-8-10-7-9(12(17)18)3-4-11(10)15-13/h3-4,7-8H,5-6H2,1-2H3,(H,17,18). The SMILES string of the molecule is COCCN(C)c1ncc2cc(C(=O)O)ccc2n1. The number of anilines is 1. The zero-order chi connectivity index (χ0) is 13.8. The average molecular weight is 261 g/mol. The molecule has 1 heterocycles. The van der Waals surface area contributed by atoms with Crippen molar-refractivity contribution < 1.29 is 14.6 Å². The second-order valence-electron chi connectivity index (χ2n) is 4.16. The van der Waals surface area contributed by atoms with E-state index in [0.717, 1.165) is 5.52 Å². The van der Waals surface area contributed by atoms with Gasteiger partial charge in [-0.15, -0.1) is 0 Å². The van der Waals surface area contributed by atoms with Crippen LogP contribution in [0.25, 0.3) is 10.9 Å². The molecule has 0 aliphatic carbocycles.